The number of nitrogens with one attached hydrogen (secondary N) is 1. The zero-order valence-corrected chi connectivity index (χ0v) is 14.0. The van der Waals surface area contributed by atoms with Gasteiger partial charge in [0.05, 0.1) is 11.6 Å². The Bertz CT molecular complexity index is 868. The smallest absolute Gasteiger partial charge is 0.255 e. The molecular formula is C17H14ClN3O2S. The number of pyridine rings is 1. The summed E-state index contributed by atoms with van der Waals surface area (Å²) in [4.78, 5) is 17.4. The summed E-state index contributed by atoms with van der Waals surface area (Å²) < 4.78 is 0. The number of hydrogen-bond acceptors (Lipinski definition) is 5. The number of phenolic OH excluding ortho intramolecular Hbond substituents is 1. The van der Waals surface area contributed by atoms with Gasteiger partial charge in [0, 0.05) is 21.7 Å². The maximum atomic E-state index is 12.6. The average molecular weight is 360 g/mol. The van der Waals surface area contributed by atoms with Crippen LogP contribution in [0.1, 0.15) is 26.8 Å². The minimum atomic E-state index is -0.503. The molecule has 1 aromatic carbocycles. The van der Waals surface area contributed by atoms with E-state index in [-0.39, 0.29) is 23.0 Å². The number of halogens is 1. The predicted molar refractivity (Wildman–Crippen MR) is 95.4 cm³/mol. The van der Waals surface area contributed by atoms with Crippen molar-refractivity contribution in [3.63, 3.8) is 0 Å². The summed E-state index contributed by atoms with van der Waals surface area (Å²) in [5.41, 5.74) is 6.67. The lowest BCUT2D eigenvalue weighted by Crippen LogP contribution is -2.29. The predicted octanol–water partition coefficient (Wildman–Crippen LogP) is 3.60. The summed E-state index contributed by atoms with van der Waals surface area (Å²) in [6.45, 7) is 0. The van der Waals surface area contributed by atoms with E-state index in [1.54, 1.807) is 24.3 Å². The van der Waals surface area contributed by atoms with Crippen LogP contribution < -0.4 is 11.1 Å². The van der Waals surface area contributed by atoms with Crippen LogP contribution in [-0.2, 0) is 0 Å². The third-order valence-corrected chi connectivity index (χ3v) is 4.76. The minimum Gasteiger partial charge on any atom is -0.508 e. The average Bonchev–Trinajstić information content (AvgIpc) is 3.09. The molecule has 7 heteroatoms. The van der Waals surface area contributed by atoms with E-state index in [4.69, 9.17) is 17.3 Å². The second-order valence-corrected chi connectivity index (χ2v) is 6.45. The van der Waals surface area contributed by atoms with Gasteiger partial charge in [-0.2, -0.15) is 0 Å². The van der Waals surface area contributed by atoms with Crippen LogP contribution in [0, 0.1) is 0 Å². The van der Waals surface area contributed by atoms with Crippen molar-refractivity contribution in [1.82, 2.24) is 10.3 Å². The van der Waals surface area contributed by atoms with E-state index in [1.807, 2.05) is 17.5 Å². The van der Waals surface area contributed by atoms with E-state index in [0.717, 1.165) is 4.88 Å². The Balaban J connectivity index is 1.99. The van der Waals surface area contributed by atoms with Gasteiger partial charge < -0.3 is 16.2 Å². The summed E-state index contributed by atoms with van der Waals surface area (Å²) >= 11 is 7.75. The summed E-state index contributed by atoms with van der Waals surface area (Å²) in [5.74, 6) is -0.133. The highest BCUT2D eigenvalue weighted by Gasteiger charge is 2.22. The van der Waals surface area contributed by atoms with Crippen LogP contribution in [0.25, 0.3) is 0 Å². The Morgan fingerprint density at radius 3 is 2.83 bits per heavy atom. The Morgan fingerprint density at radius 1 is 1.29 bits per heavy atom. The van der Waals surface area contributed by atoms with Crippen LogP contribution in [-0.4, -0.2) is 16.0 Å². The van der Waals surface area contributed by atoms with Crippen molar-refractivity contribution >= 4 is 34.7 Å². The quantitative estimate of drug-likeness (QED) is 0.664. The first-order chi connectivity index (χ1) is 11.6. The van der Waals surface area contributed by atoms with Gasteiger partial charge in [0.25, 0.3) is 5.91 Å². The molecule has 0 saturated carbocycles. The van der Waals surface area contributed by atoms with Gasteiger partial charge in [-0.1, -0.05) is 17.7 Å². The van der Waals surface area contributed by atoms with Gasteiger partial charge in [0.2, 0.25) is 0 Å². The van der Waals surface area contributed by atoms with Crippen molar-refractivity contribution in [2.45, 2.75) is 6.04 Å². The second kappa shape index (κ2) is 6.90. The fraction of sp³-hybridized carbons (Fsp3) is 0.0588. The number of amides is 1. The van der Waals surface area contributed by atoms with Gasteiger partial charge in [-0.05, 0) is 41.8 Å². The number of hydrogen-bond donors (Lipinski definition) is 3. The van der Waals surface area contributed by atoms with Crippen LogP contribution in [0.3, 0.4) is 0 Å². The van der Waals surface area contributed by atoms with Crippen molar-refractivity contribution in [2.24, 2.45) is 0 Å². The zero-order chi connectivity index (χ0) is 17.1. The lowest BCUT2D eigenvalue weighted by atomic mass is 10.0. The molecule has 0 spiro atoms. The Hall–Kier alpha value is -2.57. The maximum Gasteiger partial charge on any atom is 0.255 e. The molecule has 0 aliphatic carbocycles. The first kappa shape index (κ1) is 16.3. The van der Waals surface area contributed by atoms with E-state index in [1.165, 1.54) is 23.6 Å². The number of nitrogen functional groups attached to an aromatic ring is 1. The van der Waals surface area contributed by atoms with E-state index >= 15 is 0 Å². The molecule has 0 fully saturated rings. The fourth-order valence-electron chi connectivity index (χ4n) is 2.33. The van der Waals surface area contributed by atoms with Gasteiger partial charge in [0.15, 0.2) is 0 Å². The van der Waals surface area contributed by atoms with Crippen LogP contribution in [0.15, 0.2) is 54.0 Å². The van der Waals surface area contributed by atoms with Crippen molar-refractivity contribution < 1.29 is 9.90 Å². The van der Waals surface area contributed by atoms with Gasteiger partial charge in [-0.25, -0.2) is 4.98 Å². The molecule has 5 nitrogen and oxygen atoms in total. The van der Waals surface area contributed by atoms with E-state index in [9.17, 15) is 9.90 Å². The molecule has 122 valence electrons. The number of aromatic hydroxyl groups is 1. The standard InChI is InChI=1S/C17H14ClN3O2S/c18-13-6-5-10(22)9-12(13)15(14-4-2-8-24-14)21-17(23)11-3-1-7-20-16(11)19/h1-9,15,22H,(H2,19,20)(H,21,23). The molecule has 0 bridgehead atoms. The van der Waals surface area contributed by atoms with Gasteiger partial charge >= 0.3 is 0 Å². The van der Waals surface area contributed by atoms with E-state index in [0.29, 0.717) is 10.6 Å². The first-order valence-corrected chi connectivity index (χ1v) is 8.35. The summed E-state index contributed by atoms with van der Waals surface area (Å²) in [6, 6.07) is 11.2. The molecular weight excluding hydrogens is 346 g/mol. The molecule has 1 atom stereocenters. The number of carbonyl (C=O) groups is 1. The van der Waals surface area contributed by atoms with Crippen molar-refractivity contribution in [1.29, 1.82) is 0 Å². The first-order valence-electron chi connectivity index (χ1n) is 7.09. The lowest BCUT2D eigenvalue weighted by Gasteiger charge is -2.20. The number of rotatable bonds is 4. The summed E-state index contributed by atoms with van der Waals surface area (Å²) in [7, 11) is 0. The van der Waals surface area contributed by atoms with Crippen molar-refractivity contribution in [3.8, 4) is 5.75 Å². The molecule has 2 aromatic heterocycles. The minimum absolute atomic E-state index is 0.0751. The molecule has 2 heterocycles. The fourth-order valence-corrected chi connectivity index (χ4v) is 3.35. The topological polar surface area (TPSA) is 88.2 Å². The molecule has 1 unspecified atom stereocenters. The molecule has 1 amide bonds. The highest BCUT2D eigenvalue weighted by atomic mass is 35.5. The third kappa shape index (κ3) is 3.34. The number of thiophene rings is 1. The Labute approximate surface area is 147 Å². The molecule has 0 radical (unpaired) electrons. The molecule has 3 aromatic rings. The van der Waals surface area contributed by atoms with E-state index in [2.05, 4.69) is 10.3 Å². The van der Waals surface area contributed by atoms with Crippen molar-refractivity contribution in [3.05, 3.63) is 75.1 Å². The summed E-state index contributed by atoms with van der Waals surface area (Å²) in [6.07, 6.45) is 1.52. The van der Waals surface area contributed by atoms with Crippen LogP contribution in [0.4, 0.5) is 5.82 Å². The van der Waals surface area contributed by atoms with Crippen molar-refractivity contribution in [2.75, 3.05) is 5.73 Å². The van der Waals surface area contributed by atoms with Crippen LogP contribution in [0.5, 0.6) is 5.75 Å². The molecule has 3 rings (SSSR count). The monoisotopic (exact) mass is 359 g/mol. The molecule has 0 aliphatic heterocycles. The Morgan fingerprint density at radius 2 is 2.12 bits per heavy atom. The van der Waals surface area contributed by atoms with E-state index < -0.39 is 6.04 Å². The molecule has 0 aliphatic rings. The number of nitrogens with two attached hydrogens (primary N) is 1. The second-order valence-electron chi connectivity index (χ2n) is 5.06. The number of benzene rings is 1. The number of aromatic nitrogens is 1. The molecule has 4 N–H and O–H groups in total. The highest BCUT2D eigenvalue weighted by Crippen LogP contribution is 2.33. The molecule has 24 heavy (non-hydrogen) atoms. The number of carbonyl (C=O) groups excluding carboxylic acids is 1. The SMILES string of the molecule is Nc1ncccc1C(=O)NC(c1cccs1)c1cc(O)ccc1Cl. The lowest BCUT2D eigenvalue weighted by molar-refractivity contribution is 0.0944. The maximum absolute atomic E-state index is 12.6. The number of anilines is 1. The number of nitrogens with zero attached hydrogens (tertiary/aromatic N) is 1. The van der Waals surface area contributed by atoms with Gasteiger partial charge in [-0.15, -0.1) is 11.3 Å². The van der Waals surface area contributed by atoms with Gasteiger partial charge in [-0.3, -0.25) is 4.79 Å². The largest absolute Gasteiger partial charge is 0.508 e. The van der Waals surface area contributed by atoms with Gasteiger partial charge in [0.1, 0.15) is 11.6 Å². The summed E-state index contributed by atoms with van der Waals surface area (Å²) in [5, 5.41) is 15.1. The third-order valence-electron chi connectivity index (χ3n) is 3.48. The normalized spacial score (nSPS) is 11.9. The zero-order valence-electron chi connectivity index (χ0n) is 12.4. The van der Waals surface area contributed by atoms with Crippen LogP contribution >= 0.6 is 22.9 Å². The van der Waals surface area contributed by atoms with Crippen LogP contribution in [0.2, 0.25) is 5.02 Å². The number of phenols is 1. The highest BCUT2D eigenvalue weighted by molar-refractivity contribution is 7.10. The Kier molecular flexibility index (Phi) is 4.69. The molecule has 0 saturated heterocycles.